The number of hydrogen-bond donors (Lipinski definition) is 0. The van der Waals surface area contributed by atoms with Crippen LogP contribution in [0.25, 0.3) is 17.0 Å². The summed E-state index contributed by atoms with van der Waals surface area (Å²) in [5.74, 6) is 2.59. The molecule has 3 aromatic rings. The van der Waals surface area contributed by atoms with E-state index in [1.54, 1.807) is 6.33 Å². The molecule has 2 aromatic carbocycles. The van der Waals surface area contributed by atoms with Crippen LogP contribution < -0.4 is 14.5 Å². The Morgan fingerprint density at radius 2 is 1.97 bits per heavy atom. The Hall–Kier alpha value is -3.12. The molecule has 1 saturated heterocycles. The van der Waals surface area contributed by atoms with Gasteiger partial charge in [-0.05, 0) is 76.6 Å². The first-order valence-electron chi connectivity index (χ1n) is 13.1. The van der Waals surface area contributed by atoms with E-state index in [1.165, 1.54) is 12.1 Å². The molecule has 0 amide bonds. The second kappa shape index (κ2) is 10.6. The van der Waals surface area contributed by atoms with E-state index in [0.29, 0.717) is 0 Å². The normalized spacial score (nSPS) is 19.1. The fourth-order valence-corrected chi connectivity index (χ4v) is 5.23. The van der Waals surface area contributed by atoms with Crippen LogP contribution in [-0.4, -0.2) is 42.4 Å². The van der Waals surface area contributed by atoms with E-state index in [0.717, 1.165) is 91.3 Å². The molecule has 1 aromatic heterocycles. The van der Waals surface area contributed by atoms with Crippen LogP contribution in [0.4, 0.5) is 11.5 Å². The van der Waals surface area contributed by atoms with Gasteiger partial charge in [-0.2, -0.15) is 0 Å². The highest BCUT2D eigenvalue weighted by atomic mass is 16.5. The minimum absolute atomic E-state index is 0.131. The summed E-state index contributed by atoms with van der Waals surface area (Å²) >= 11 is 0. The summed E-state index contributed by atoms with van der Waals surface area (Å²) in [6, 6.07) is 10.5. The molecule has 0 radical (unpaired) electrons. The molecule has 0 bridgehead atoms. The fourth-order valence-electron chi connectivity index (χ4n) is 5.23. The van der Waals surface area contributed by atoms with Crippen molar-refractivity contribution in [3.05, 3.63) is 53.9 Å². The van der Waals surface area contributed by atoms with Crippen LogP contribution in [0, 0.1) is 6.92 Å². The number of aryl methyl sites for hydroxylation is 1. The molecule has 6 nitrogen and oxygen atoms in total. The summed E-state index contributed by atoms with van der Waals surface area (Å²) in [4.78, 5) is 13.9. The highest BCUT2D eigenvalue weighted by Crippen LogP contribution is 2.41. The molecular weight excluding hydrogens is 436 g/mol. The van der Waals surface area contributed by atoms with Gasteiger partial charge in [0.15, 0.2) is 5.75 Å². The number of para-hydroxylation sites is 1. The zero-order chi connectivity index (χ0) is 24.2. The molecule has 184 valence electrons. The van der Waals surface area contributed by atoms with Crippen LogP contribution in [0.15, 0.2) is 42.7 Å². The Kier molecular flexibility index (Phi) is 7.19. The predicted molar refractivity (Wildman–Crippen MR) is 144 cm³/mol. The summed E-state index contributed by atoms with van der Waals surface area (Å²) in [5, 5.41) is 1.01. The summed E-state index contributed by atoms with van der Waals surface area (Å²) in [6.07, 6.45) is 11.9. The van der Waals surface area contributed by atoms with Crippen LogP contribution in [0.5, 0.6) is 11.5 Å². The molecule has 0 saturated carbocycles. The molecule has 6 heteroatoms. The summed E-state index contributed by atoms with van der Waals surface area (Å²) in [7, 11) is 0. The number of aromatic nitrogens is 2. The van der Waals surface area contributed by atoms with Crippen LogP contribution in [0.3, 0.4) is 0 Å². The Morgan fingerprint density at radius 1 is 1.09 bits per heavy atom. The summed E-state index contributed by atoms with van der Waals surface area (Å²) < 4.78 is 12.9. The summed E-state index contributed by atoms with van der Waals surface area (Å²) in [6.45, 7) is 10.0. The van der Waals surface area contributed by atoms with Gasteiger partial charge in [-0.25, -0.2) is 9.97 Å². The summed E-state index contributed by atoms with van der Waals surface area (Å²) in [5.41, 5.74) is 4.25. The van der Waals surface area contributed by atoms with E-state index in [-0.39, 0.29) is 6.23 Å². The monoisotopic (exact) mass is 472 g/mol. The average molecular weight is 473 g/mol. The molecule has 1 atom stereocenters. The Balaban J connectivity index is 1.59. The molecule has 2 aliphatic heterocycles. The van der Waals surface area contributed by atoms with Crippen molar-refractivity contribution in [2.24, 2.45) is 0 Å². The zero-order valence-corrected chi connectivity index (χ0v) is 21.2. The lowest BCUT2D eigenvalue weighted by Crippen LogP contribution is -2.41. The topological polar surface area (TPSA) is 50.7 Å². The largest absolute Gasteiger partial charge is 0.454 e. The first kappa shape index (κ1) is 23.6. The van der Waals surface area contributed by atoms with E-state index in [2.05, 4.69) is 70.9 Å². The van der Waals surface area contributed by atoms with Gasteiger partial charge >= 0.3 is 0 Å². The number of fused-ring (bicyclic) bond motifs is 2. The molecule has 3 heterocycles. The highest BCUT2D eigenvalue weighted by molar-refractivity contribution is 5.93. The third-order valence-electron chi connectivity index (χ3n) is 7.12. The standard InChI is InChI=1S/C29H36N4O2/c1-4-32(5-2)29-23-13-11-14-25(27(23)30-20-31-29)35-28-21(3)16-17-24-22(28)12-7-6-9-18-33(24)26-15-8-10-19-34-26/h7,11-14,16-17,20,26H,4-6,8-10,15,18-19H2,1-3H3/b12-7+. The maximum absolute atomic E-state index is 6.73. The molecule has 1 unspecified atom stereocenters. The smallest absolute Gasteiger partial charge is 0.153 e. The molecule has 0 spiro atoms. The van der Waals surface area contributed by atoms with E-state index in [9.17, 15) is 0 Å². The lowest BCUT2D eigenvalue weighted by molar-refractivity contribution is 0.0141. The molecular formula is C29H36N4O2. The highest BCUT2D eigenvalue weighted by Gasteiger charge is 2.26. The number of rotatable bonds is 6. The van der Waals surface area contributed by atoms with Crippen molar-refractivity contribution >= 4 is 28.5 Å². The molecule has 5 rings (SSSR count). The van der Waals surface area contributed by atoms with Crippen molar-refractivity contribution in [1.29, 1.82) is 0 Å². The quantitative estimate of drug-likeness (QED) is 0.397. The van der Waals surface area contributed by atoms with Gasteiger partial charge in [-0.15, -0.1) is 0 Å². The Morgan fingerprint density at radius 3 is 2.77 bits per heavy atom. The van der Waals surface area contributed by atoms with E-state index < -0.39 is 0 Å². The fraction of sp³-hybridized carbons (Fsp3) is 0.448. The Labute approximate surface area is 208 Å². The van der Waals surface area contributed by atoms with Gasteiger partial charge in [-0.1, -0.05) is 24.3 Å². The third-order valence-corrected chi connectivity index (χ3v) is 7.12. The number of hydrogen-bond acceptors (Lipinski definition) is 6. The molecule has 0 aliphatic carbocycles. The van der Waals surface area contributed by atoms with Gasteiger partial charge in [0.2, 0.25) is 0 Å². The minimum Gasteiger partial charge on any atom is -0.454 e. The van der Waals surface area contributed by atoms with Crippen LogP contribution in [-0.2, 0) is 4.74 Å². The first-order chi connectivity index (χ1) is 17.2. The van der Waals surface area contributed by atoms with Gasteiger partial charge < -0.3 is 19.3 Å². The SMILES string of the molecule is CCN(CC)c1ncnc2c(Oc3c(C)ccc4c3/C=C/CCCN4C3CCCCO3)cccc12. The number of allylic oxidation sites excluding steroid dienone is 1. The maximum Gasteiger partial charge on any atom is 0.153 e. The van der Waals surface area contributed by atoms with Crippen LogP contribution in [0.2, 0.25) is 0 Å². The van der Waals surface area contributed by atoms with Gasteiger partial charge in [0.1, 0.15) is 29.6 Å². The average Bonchev–Trinajstić information content (AvgIpc) is 2.88. The van der Waals surface area contributed by atoms with Crippen molar-refractivity contribution in [3.63, 3.8) is 0 Å². The number of ether oxygens (including phenoxy) is 2. The molecule has 1 fully saturated rings. The number of benzene rings is 2. The predicted octanol–water partition coefficient (Wildman–Crippen LogP) is 6.72. The van der Waals surface area contributed by atoms with Crippen molar-refractivity contribution in [2.75, 3.05) is 36.0 Å². The van der Waals surface area contributed by atoms with Gasteiger partial charge in [0, 0.05) is 42.9 Å². The van der Waals surface area contributed by atoms with Gasteiger partial charge in [0.05, 0.1) is 0 Å². The lowest BCUT2D eigenvalue weighted by atomic mass is 10.0. The first-order valence-corrected chi connectivity index (χ1v) is 13.1. The van der Waals surface area contributed by atoms with Gasteiger partial charge in [0.25, 0.3) is 0 Å². The van der Waals surface area contributed by atoms with Crippen molar-refractivity contribution in [3.8, 4) is 11.5 Å². The van der Waals surface area contributed by atoms with Crippen LogP contribution >= 0.6 is 0 Å². The van der Waals surface area contributed by atoms with E-state index in [4.69, 9.17) is 9.47 Å². The van der Waals surface area contributed by atoms with E-state index in [1.807, 2.05) is 12.1 Å². The number of nitrogens with zero attached hydrogens (tertiary/aromatic N) is 4. The van der Waals surface area contributed by atoms with Crippen molar-refractivity contribution in [1.82, 2.24) is 9.97 Å². The molecule has 0 N–H and O–H groups in total. The second-order valence-corrected chi connectivity index (χ2v) is 9.33. The van der Waals surface area contributed by atoms with Crippen molar-refractivity contribution < 1.29 is 9.47 Å². The zero-order valence-electron chi connectivity index (χ0n) is 21.2. The van der Waals surface area contributed by atoms with Gasteiger partial charge in [-0.3, -0.25) is 0 Å². The second-order valence-electron chi connectivity index (χ2n) is 9.33. The maximum atomic E-state index is 6.73. The van der Waals surface area contributed by atoms with Crippen LogP contribution in [0.1, 0.15) is 57.1 Å². The molecule has 35 heavy (non-hydrogen) atoms. The minimum atomic E-state index is 0.131. The van der Waals surface area contributed by atoms with E-state index >= 15 is 0 Å². The Bertz CT molecular complexity index is 1200. The molecule has 2 aliphatic rings. The number of anilines is 2. The third kappa shape index (κ3) is 4.72. The lowest BCUT2D eigenvalue weighted by Gasteiger charge is -2.37. The van der Waals surface area contributed by atoms with Crippen molar-refractivity contribution in [2.45, 2.75) is 59.1 Å².